The van der Waals surface area contributed by atoms with Gasteiger partial charge in [0.05, 0.1) is 5.92 Å². The zero-order valence-corrected chi connectivity index (χ0v) is 10.6. The maximum absolute atomic E-state index is 12.3. The summed E-state index contributed by atoms with van der Waals surface area (Å²) >= 11 is 0. The number of hydrogen-bond acceptors (Lipinski definition) is 4. The number of Topliss-reactive ketones (excluding diaryl/α,β-unsaturated/α-hetero) is 1. The Morgan fingerprint density at radius 1 is 1.21 bits per heavy atom. The molecule has 4 heteroatoms. The van der Waals surface area contributed by atoms with Crippen LogP contribution in [0, 0.1) is 0 Å². The topological polar surface area (TPSA) is 82.0 Å². The molecular formula is C15H17N3O. The number of carbonyl (C=O) groups excluding carboxylic acids is 1. The van der Waals surface area contributed by atoms with Crippen molar-refractivity contribution in [3.63, 3.8) is 0 Å². The van der Waals surface area contributed by atoms with Crippen LogP contribution in [-0.2, 0) is 11.2 Å². The lowest BCUT2D eigenvalue weighted by Crippen LogP contribution is -2.23. The van der Waals surface area contributed by atoms with Crippen LogP contribution in [0.3, 0.4) is 0 Å². The highest BCUT2D eigenvalue weighted by Crippen LogP contribution is 2.18. The molecule has 0 radical (unpaired) electrons. The quantitative estimate of drug-likeness (QED) is 0.848. The first kappa shape index (κ1) is 13.2. The molecule has 1 aromatic carbocycles. The molecule has 1 aromatic heterocycles. The average molecular weight is 255 g/mol. The van der Waals surface area contributed by atoms with Gasteiger partial charge in [0.15, 0.2) is 0 Å². The number of pyridine rings is 1. The van der Waals surface area contributed by atoms with Gasteiger partial charge >= 0.3 is 0 Å². The minimum absolute atomic E-state index is 0.0966. The van der Waals surface area contributed by atoms with Gasteiger partial charge in [-0.15, -0.1) is 0 Å². The number of aromatic nitrogens is 1. The van der Waals surface area contributed by atoms with Gasteiger partial charge in [-0.1, -0.05) is 30.3 Å². The van der Waals surface area contributed by atoms with E-state index >= 15 is 0 Å². The Bertz CT molecular complexity index is 554. The molecule has 0 amide bonds. The fraction of sp³-hybridized carbons (Fsp3) is 0.200. The fourth-order valence-corrected chi connectivity index (χ4v) is 2.07. The van der Waals surface area contributed by atoms with Crippen molar-refractivity contribution in [1.29, 1.82) is 0 Å². The van der Waals surface area contributed by atoms with Gasteiger partial charge in [0, 0.05) is 19.2 Å². The Kier molecular flexibility index (Phi) is 4.26. The summed E-state index contributed by atoms with van der Waals surface area (Å²) in [5.74, 6) is 0.254. The number of nitrogen functional groups attached to an aromatic ring is 1. The second-order valence-electron chi connectivity index (χ2n) is 4.43. The zero-order chi connectivity index (χ0) is 13.7. The van der Waals surface area contributed by atoms with Crippen LogP contribution in [0.25, 0.3) is 0 Å². The minimum Gasteiger partial charge on any atom is -0.384 e. The van der Waals surface area contributed by atoms with E-state index < -0.39 is 0 Å². The molecule has 1 atom stereocenters. The van der Waals surface area contributed by atoms with Crippen LogP contribution in [-0.4, -0.2) is 17.3 Å². The molecule has 2 aromatic rings. The molecule has 0 aliphatic heterocycles. The summed E-state index contributed by atoms with van der Waals surface area (Å²) in [6.45, 7) is 0.309. The smallest absolute Gasteiger partial charge is 0.145 e. The third-order valence-corrected chi connectivity index (χ3v) is 3.05. The van der Waals surface area contributed by atoms with Crippen molar-refractivity contribution in [1.82, 2.24) is 4.98 Å². The lowest BCUT2D eigenvalue weighted by molar-refractivity contribution is -0.119. The Morgan fingerprint density at radius 3 is 2.58 bits per heavy atom. The molecule has 19 heavy (non-hydrogen) atoms. The number of anilines is 1. The maximum Gasteiger partial charge on any atom is 0.145 e. The SMILES string of the molecule is NCC(C(=O)Cc1ccnc(N)c1)c1ccccc1. The second-order valence-corrected chi connectivity index (χ2v) is 4.43. The number of rotatable bonds is 5. The summed E-state index contributed by atoms with van der Waals surface area (Å²) in [6, 6.07) is 13.1. The zero-order valence-electron chi connectivity index (χ0n) is 10.6. The molecule has 0 saturated carbocycles. The Balaban J connectivity index is 2.14. The summed E-state index contributed by atoms with van der Waals surface area (Å²) in [7, 11) is 0. The molecule has 0 aliphatic rings. The van der Waals surface area contributed by atoms with Gasteiger partial charge < -0.3 is 11.5 Å². The Labute approximate surface area is 112 Å². The number of carbonyl (C=O) groups is 1. The highest BCUT2D eigenvalue weighted by molar-refractivity contribution is 5.88. The van der Waals surface area contributed by atoms with Crippen LogP contribution in [0.1, 0.15) is 17.0 Å². The van der Waals surface area contributed by atoms with Crippen molar-refractivity contribution in [3.05, 3.63) is 59.8 Å². The van der Waals surface area contributed by atoms with Crippen molar-refractivity contribution in [2.75, 3.05) is 12.3 Å². The average Bonchev–Trinajstić information content (AvgIpc) is 2.41. The molecule has 0 aliphatic carbocycles. The van der Waals surface area contributed by atoms with E-state index in [-0.39, 0.29) is 11.7 Å². The third kappa shape index (κ3) is 3.39. The van der Waals surface area contributed by atoms with Gasteiger partial charge in [-0.2, -0.15) is 0 Å². The molecule has 0 bridgehead atoms. The first-order valence-corrected chi connectivity index (χ1v) is 6.19. The van der Waals surface area contributed by atoms with Crippen LogP contribution in [0.2, 0.25) is 0 Å². The van der Waals surface area contributed by atoms with Gasteiger partial charge in [-0.05, 0) is 23.3 Å². The van der Waals surface area contributed by atoms with E-state index in [1.54, 1.807) is 18.3 Å². The number of hydrogen-bond donors (Lipinski definition) is 2. The predicted octanol–water partition coefficient (Wildman–Crippen LogP) is 1.52. The Morgan fingerprint density at radius 2 is 1.95 bits per heavy atom. The fourth-order valence-electron chi connectivity index (χ4n) is 2.07. The van der Waals surface area contributed by atoms with E-state index in [2.05, 4.69) is 4.98 Å². The van der Waals surface area contributed by atoms with Crippen LogP contribution in [0.15, 0.2) is 48.7 Å². The highest BCUT2D eigenvalue weighted by Gasteiger charge is 2.18. The molecule has 98 valence electrons. The van der Waals surface area contributed by atoms with Gasteiger partial charge in [0.1, 0.15) is 11.6 Å². The highest BCUT2D eigenvalue weighted by atomic mass is 16.1. The summed E-state index contributed by atoms with van der Waals surface area (Å²) in [5.41, 5.74) is 13.2. The summed E-state index contributed by atoms with van der Waals surface area (Å²) in [4.78, 5) is 16.2. The number of ketones is 1. The molecule has 0 fully saturated rings. The Hall–Kier alpha value is -2.20. The van der Waals surface area contributed by atoms with Gasteiger partial charge in [-0.3, -0.25) is 4.79 Å². The predicted molar refractivity (Wildman–Crippen MR) is 75.6 cm³/mol. The number of nitrogens with two attached hydrogens (primary N) is 2. The van der Waals surface area contributed by atoms with Crippen LogP contribution in [0.4, 0.5) is 5.82 Å². The van der Waals surface area contributed by atoms with Gasteiger partial charge in [0.2, 0.25) is 0 Å². The second kappa shape index (κ2) is 6.11. The van der Waals surface area contributed by atoms with Crippen molar-refractivity contribution < 1.29 is 4.79 Å². The van der Waals surface area contributed by atoms with E-state index in [0.717, 1.165) is 11.1 Å². The molecule has 0 saturated heterocycles. The molecule has 2 rings (SSSR count). The minimum atomic E-state index is -0.268. The van der Waals surface area contributed by atoms with E-state index in [9.17, 15) is 4.79 Å². The maximum atomic E-state index is 12.3. The standard InChI is InChI=1S/C15H17N3O/c16-10-13(12-4-2-1-3-5-12)14(19)8-11-6-7-18-15(17)9-11/h1-7,9,13H,8,10,16H2,(H2,17,18). The van der Waals surface area contributed by atoms with Crippen LogP contribution >= 0.6 is 0 Å². The third-order valence-electron chi connectivity index (χ3n) is 3.05. The summed E-state index contributed by atoms with van der Waals surface area (Å²) in [6.07, 6.45) is 1.93. The van der Waals surface area contributed by atoms with E-state index in [4.69, 9.17) is 11.5 Å². The van der Waals surface area contributed by atoms with Crippen molar-refractivity contribution in [2.24, 2.45) is 5.73 Å². The largest absolute Gasteiger partial charge is 0.384 e. The number of nitrogens with zero attached hydrogens (tertiary/aromatic N) is 1. The lowest BCUT2D eigenvalue weighted by atomic mass is 9.91. The van der Waals surface area contributed by atoms with Gasteiger partial charge in [0.25, 0.3) is 0 Å². The first-order valence-electron chi connectivity index (χ1n) is 6.19. The van der Waals surface area contributed by atoms with Crippen LogP contribution in [0.5, 0.6) is 0 Å². The lowest BCUT2D eigenvalue weighted by Gasteiger charge is -2.14. The molecule has 4 nitrogen and oxygen atoms in total. The first-order chi connectivity index (χ1) is 9.20. The van der Waals surface area contributed by atoms with Crippen molar-refractivity contribution >= 4 is 11.6 Å². The van der Waals surface area contributed by atoms with Crippen LogP contribution < -0.4 is 11.5 Å². The normalized spacial score (nSPS) is 12.1. The van der Waals surface area contributed by atoms with Gasteiger partial charge in [-0.25, -0.2) is 4.98 Å². The summed E-state index contributed by atoms with van der Waals surface area (Å²) < 4.78 is 0. The molecule has 1 unspecified atom stereocenters. The van der Waals surface area contributed by atoms with E-state index in [1.807, 2.05) is 30.3 Å². The summed E-state index contributed by atoms with van der Waals surface area (Å²) in [5, 5.41) is 0. The molecular weight excluding hydrogens is 238 g/mol. The molecule has 1 heterocycles. The monoisotopic (exact) mass is 255 g/mol. The molecule has 4 N–H and O–H groups in total. The van der Waals surface area contributed by atoms with Crippen molar-refractivity contribution in [2.45, 2.75) is 12.3 Å². The van der Waals surface area contributed by atoms with E-state index in [1.165, 1.54) is 0 Å². The van der Waals surface area contributed by atoms with E-state index in [0.29, 0.717) is 18.8 Å². The van der Waals surface area contributed by atoms with Crippen molar-refractivity contribution in [3.8, 4) is 0 Å². The number of benzene rings is 1. The molecule has 0 spiro atoms.